The van der Waals surface area contributed by atoms with Gasteiger partial charge < -0.3 is 30.2 Å². The number of aromatic nitrogens is 8. The summed E-state index contributed by atoms with van der Waals surface area (Å²) in [5.74, 6) is 1.03. The van der Waals surface area contributed by atoms with Crippen molar-refractivity contribution in [3.63, 3.8) is 0 Å². The Morgan fingerprint density at radius 2 is 1.25 bits per heavy atom. The Morgan fingerprint density at radius 1 is 0.700 bits per heavy atom. The Bertz CT molecular complexity index is 2610. The molecule has 1 aliphatic heterocycles. The second-order valence-corrected chi connectivity index (χ2v) is 16.9. The molecule has 9 rings (SSSR count). The van der Waals surface area contributed by atoms with E-state index in [9.17, 15) is 0 Å². The van der Waals surface area contributed by atoms with Crippen molar-refractivity contribution in [3.05, 3.63) is 98.1 Å². The summed E-state index contributed by atoms with van der Waals surface area (Å²) in [7, 11) is 0. The third kappa shape index (κ3) is 9.10. The van der Waals surface area contributed by atoms with Crippen LogP contribution in [-0.2, 0) is 11.3 Å². The first-order valence-corrected chi connectivity index (χ1v) is 22.3. The number of fused-ring (bicyclic) bond motifs is 2. The topological polar surface area (TPSA) is 155 Å². The molecule has 7 heterocycles. The monoisotopic (exact) mass is 840 g/mol. The first-order valence-electron chi connectivity index (χ1n) is 20.7. The fraction of sp³-hybridized carbons (Fsp3) is 0.333. The molecule has 4 N–H and O–H groups in total. The standard InChI is InChI=1S/C24H30N6S.C21H22N6OS/c1-4-29(5-2)13-9-10-17(3)30-16-28-21(18-11-7-6-8-12-18)22(30)20-14-19-23(25)26-15-27-24(19)31-20;22-20-16-12-17(29-21(16)24-13-23-20)19-18(15-4-2-1-3-5-15)25-14-27(19)7-6-26-8-10-28-11-9-26/h6-8,11-12,14-17H,4-5,9-10,13H2,1-3H3,(H2,25,26,27);1-5,12-14H,6-11H2,(H2,22,23,24). The molecule has 0 saturated carbocycles. The summed E-state index contributed by atoms with van der Waals surface area (Å²) in [6.07, 6.45) is 9.23. The van der Waals surface area contributed by atoms with E-state index in [1.165, 1.54) is 12.7 Å². The molecule has 8 aromatic rings. The molecule has 0 spiro atoms. The van der Waals surface area contributed by atoms with Crippen LogP contribution >= 0.6 is 22.7 Å². The average Bonchev–Trinajstić information content (AvgIpc) is 4.11. The van der Waals surface area contributed by atoms with Gasteiger partial charge in [-0.15, -0.1) is 22.7 Å². The molecule has 1 fully saturated rings. The fourth-order valence-corrected chi connectivity index (χ4v) is 9.83. The lowest BCUT2D eigenvalue weighted by molar-refractivity contribution is 0.0364. The third-order valence-corrected chi connectivity index (χ3v) is 13.2. The molecular formula is C45H52N12OS2. The molecule has 13 nitrogen and oxygen atoms in total. The molecule has 6 aromatic heterocycles. The van der Waals surface area contributed by atoms with E-state index in [1.807, 2.05) is 36.9 Å². The number of hydrogen-bond acceptors (Lipinski definition) is 13. The molecule has 60 heavy (non-hydrogen) atoms. The Kier molecular flexibility index (Phi) is 13.2. The van der Waals surface area contributed by atoms with Gasteiger partial charge in [0.05, 0.1) is 69.2 Å². The van der Waals surface area contributed by atoms with Gasteiger partial charge in [-0.3, -0.25) is 4.90 Å². The fourth-order valence-electron chi connectivity index (χ4n) is 7.71. The summed E-state index contributed by atoms with van der Waals surface area (Å²) in [5.41, 5.74) is 18.6. The van der Waals surface area contributed by atoms with Crippen LogP contribution in [0, 0.1) is 0 Å². The summed E-state index contributed by atoms with van der Waals surface area (Å²) in [6, 6.07) is 25.2. The van der Waals surface area contributed by atoms with Crippen molar-refractivity contribution < 1.29 is 4.74 Å². The largest absolute Gasteiger partial charge is 0.383 e. The molecule has 0 radical (unpaired) electrons. The zero-order valence-corrected chi connectivity index (χ0v) is 36.1. The van der Waals surface area contributed by atoms with Crippen molar-refractivity contribution >= 4 is 54.7 Å². The van der Waals surface area contributed by atoms with Crippen molar-refractivity contribution in [2.45, 2.75) is 46.2 Å². The van der Waals surface area contributed by atoms with Gasteiger partial charge in [0.2, 0.25) is 0 Å². The highest BCUT2D eigenvalue weighted by Crippen LogP contribution is 2.41. The second-order valence-electron chi connectivity index (χ2n) is 14.9. The smallest absolute Gasteiger partial charge is 0.135 e. The zero-order chi connectivity index (χ0) is 41.4. The minimum absolute atomic E-state index is 0.337. The molecule has 2 aromatic carbocycles. The Balaban J connectivity index is 0.000000167. The number of thiophene rings is 2. The number of anilines is 2. The molecule has 0 bridgehead atoms. The molecule has 1 saturated heterocycles. The van der Waals surface area contributed by atoms with E-state index < -0.39 is 0 Å². The van der Waals surface area contributed by atoms with E-state index in [1.54, 1.807) is 22.7 Å². The molecule has 1 atom stereocenters. The van der Waals surface area contributed by atoms with Gasteiger partial charge in [0.1, 0.15) is 34.0 Å². The first-order chi connectivity index (χ1) is 29.4. The van der Waals surface area contributed by atoms with Crippen molar-refractivity contribution in [1.82, 2.24) is 48.8 Å². The van der Waals surface area contributed by atoms with E-state index in [4.69, 9.17) is 26.2 Å². The van der Waals surface area contributed by atoms with Crippen LogP contribution in [0.5, 0.6) is 0 Å². The van der Waals surface area contributed by atoms with Crippen LogP contribution in [0.2, 0.25) is 0 Å². The summed E-state index contributed by atoms with van der Waals surface area (Å²) in [5, 5.41) is 1.80. The maximum Gasteiger partial charge on any atom is 0.135 e. The SMILES string of the molecule is CCN(CC)CCCC(C)n1cnc(-c2ccccc2)c1-c1cc2c(N)ncnc2s1.Nc1ncnc2sc(-c3c(-c4ccccc4)ncn3CCN3CCOCC3)cc12. The average molecular weight is 841 g/mol. The number of nitrogens with two attached hydrogens (primary N) is 2. The van der Waals surface area contributed by atoms with Crippen LogP contribution in [0.3, 0.4) is 0 Å². The zero-order valence-electron chi connectivity index (χ0n) is 34.4. The van der Waals surface area contributed by atoms with Gasteiger partial charge in [-0.25, -0.2) is 29.9 Å². The molecule has 0 aliphatic carbocycles. The van der Waals surface area contributed by atoms with Crippen molar-refractivity contribution in [2.75, 3.05) is 63.9 Å². The third-order valence-electron chi connectivity index (χ3n) is 11.1. The van der Waals surface area contributed by atoms with Crippen LogP contribution in [0.1, 0.15) is 39.7 Å². The number of nitrogen functional groups attached to an aromatic ring is 2. The van der Waals surface area contributed by atoms with E-state index in [0.29, 0.717) is 17.7 Å². The van der Waals surface area contributed by atoms with Gasteiger partial charge in [0.25, 0.3) is 0 Å². The van der Waals surface area contributed by atoms with Crippen LogP contribution in [-0.4, -0.2) is 101 Å². The summed E-state index contributed by atoms with van der Waals surface area (Å²) < 4.78 is 10.0. The predicted octanol–water partition coefficient (Wildman–Crippen LogP) is 8.62. The van der Waals surface area contributed by atoms with Crippen LogP contribution < -0.4 is 11.5 Å². The first kappa shape index (κ1) is 41.2. The van der Waals surface area contributed by atoms with Gasteiger partial charge >= 0.3 is 0 Å². The lowest BCUT2D eigenvalue weighted by Crippen LogP contribution is -2.38. The maximum atomic E-state index is 6.12. The molecule has 0 amide bonds. The minimum atomic E-state index is 0.337. The quantitative estimate of drug-likeness (QED) is 0.108. The Morgan fingerprint density at radius 3 is 1.82 bits per heavy atom. The highest BCUT2D eigenvalue weighted by molar-refractivity contribution is 7.22. The van der Waals surface area contributed by atoms with Gasteiger partial charge in [-0.1, -0.05) is 74.5 Å². The highest BCUT2D eigenvalue weighted by atomic mass is 32.1. The van der Waals surface area contributed by atoms with Gasteiger partial charge in [0, 0.05) is 43.3 Å². The van der Waals surface area contributed by atoms with E-state index in [-0.39, 0.29) is 0 Å². The molecular weight excluding hydrogens is 789 g/mol. The Labute approximate surface area is 358 Å². The van der Waals surface area contributed by atoms with E-state index >= 15 is 0 Å². The molecule has 1 aliphatic rings. The molecule has 15 heteroatoms. The lowest BCUT2D eigenvalue weighted by atomic mass is 10.1. The van der Waals surface area contributed by atoms with Crippen LogP contribution in [0.15, 0.2) is 98.1 Å². The summed E-state index contributed by atoms with van der Waals surface area (Å²) in [6.45, 7) is 15.5. The maximum absolute atomic E-state index is 6.12. The van der Waals surface area contributed by atoms with Gasteiger partial charge in [0.15, 0.2) is 0 Å². The van der Waals surface area contributed by atoms with E-state index in [0.717, 1.165) is 136 Å². The molecule has 1 unspecified atom stereocenters. The number of rotatable bonds is 14. The predicted molar refractivity (Wildman–Crippen MR) is 246 cm³/mol. The van der Waals surface area contributed by atoms with Crippen LogP contribution in [0.25, 0.3) is 64.1 Å². The highest BCUT2D eigenvalue weighted by Gasteiger charge is 2.22. The lowest BCUT2D eigenvalue weighted by Gasteiger charge is -2.26. The number of ether oxygens (including phenoxy) is 1. The van der Waals surface area contributed by atoms with E-state index in [2.05, 4.69) is 108 Å². The van der Waals surface area contributed by atoms with Crippen molar-refractivity contribution in [1.29, 1.82) is 0 Å². The number of imidazole rings is 2. The van der Waals surface area contributed by atoms with Crippen molar-refractivity contribution in [2.24, 2.45) is 0 Å². The number of benzene rings is 2. The van der Waals surface area contributed by atoms with Gasteiger partial charge in [-0.05, 0) is 51.5 Å². The Hall–Kier alpha value is -5.58. The van der Waals surface area contributed by atoms with Crippen molar-refractivity contribution in [3.8, 4) is 43.7 Å². The van der Waals surface area contributed by atoms with Gasteiger partial charge in [-0.2, -0.15) is 0 Å². The number of hydrogen-bond donors (Lipinski definition) is 2. The second kappa shape index (κ2) is 19.2. The number of morpholine rings is 1. The number of nitrogens with zero attached hydrogens (tertiary/aromatic N) is 10. The summed E-state index contributed by atoms with van der Waals surface area (Å²) in [4.78, 5) is 35.7. The normalized spacial score (nSPS) is 13.9. The summed E-state index contributed by atoms with van der Waals surface area (Å²) >= 11 is 3.27. The minimum Gasteiger partial charge on any atom is -0.383 e. The van der Waals surface area contributed by atoms with Crippen LogP contribution in [0.4, 0.5) is 11.6 Å². The molecule has 310 valence electrons.